The van der Waals surface area contributed by atoms with Gasteiger partial charge in [-0.15, -0.1) is 0 Å². The van der Waals surface area contributed by atoms with Crippen molar-refractivity contribution in [2.24, 2.45) is 0 Å². The summed E-state index contributed by atoms with van der Waals surface area (Å²) in [6.07, 6.45) is 0. The van der Waals surface area contributed by atoms with Gasteiger partial charge in [0.15, 0.2) is 0 Å². The van der Waals surface area contributed by atoms with Crippen LogP contribution < -0.4 is 14.8 Å². The number of methoxy groups -OCH3 is 2. The SMILES string of the molecule is COCCOc1ccc(Nc2nc(OCCOC)nc3ccccc23)cc1. The molecule has 0 atom stereocenters. The van der Waals surface area contributed by atoms with Crippen molar-refractivity contribution >= 4 is 22.4 Å². The molecule has 0 bridgehead atoms. The summed E-state index contributed by atoms with van der Waals surface area (Å²) in [4.78, 5) is 8.95. The number of fused-ring (bicyclic) bond motifs is 1. The lowest BCUT2D eigenvalue weighted by molar-refractivity contribution is 0.141. The molecule has 0 aliphatic rings. The van der Waals surface area contributed by atoms with Crippen molar-refractivity contribution in [2.45, 2.75) is 0 Å². The van der Waals surface area contributed by atoms with Crippen molar-refractivity contribution in [1.82, 2.24) is 9.97 Å². The van der Waals surface area contributed by atoms with Gasteiger partial charge in [0.05, 0.1) is 18.7 Å². The molecule has 0 fully saturated rings. The van der Waals surface area contributed by atoms with Crippen LogP contribution in [0, 0.1) is 0 Å². The van der Waals surface area contributed by atoms with E-state index in [2.05, 4.69) is 15.3 Å². The predicted octanol–water partition coefficient (Wildman–Crippen LogP) is 3.42. The zero-order chi connectivity index (χ0) is 18.9. The lowest BCUT2D eigenvalue weighted by Crippen LogP contribution is -2.08. The first-order valence-corrected chi connectivity index (χ1v) is 8.67. The first kappa shape index (κ1) is 18.9. The third-order valence-corrected chi connectivity index (χ3v) is 3.77. The molecule has 0 aliphatic carbocycles. The Kier molecular flexibility index (Phi) is 6.78. The molecule has 1 aromatic heterocycles. The van der Waals surface area contributed by atoms with Crippen LogP contribution in [0.3, 0.4) is 0 Å². The van der Waals surface area contributed by atoms with E-state index in [0.717, 1.165) is 22.3 Å². The average Bonchev–Trinajstić information content (AvgIpc) is 2.70. The van der Waals surface area contributed by atoms with Gasteiger partial charge in [-0.05, 0) is 36.4 Å². The fraction of sp³-hybridized carbons (Fsp3) is 0.300. The van der Waals surface area contributed by atoms with E-state index in [1.807, 2.05) is 48.5 Å². The van der Waals surface area contributed by atoms with Gasteiger partial charge < -0.3 is 24.3 Å². The van der Waals surface area contributed by atoms with Gasteiger partial charge in [0.2, 0.25) is 0 Å². The number of nitrogens with one attached hydrogen (secondary N) is 1. The number of anilines is 2. The van der Waals surface area contributed by atoms with Crippen molar-refractivity contribution in [1.29, 1.82) is 0 Å². The van der Waals surface area contributed by atoms with E-state index in [-0.39, 0.29) is 0 Å². The van der Waals surface area contributed by atoms with Gasteiger partial charge in [0.1, 0.15) is 24.8 Å². The molecule has 2 aromatic carbocycles. The average molecular weight is 369 g/mol. The Morgan fingerprint density at radius 1 is 0.778 bits per heavy atom. The summed E-state index contributed by atoms with van der Waals surface area (Å²) in [6.45, 7) is 1.94. The van der Waals surface area contributed by atoms with Gasteiger partial charge in [-0.3, -0.25) is 0 Å². The molecule has 1 N–H and O–H groups in total. The van der Waals surface area contributed by atoms with Gasteiger partial charge in [-0.1, -0.05) is 12.1 Å². The third-order valence-electron chi connectivity index (χ3n) is 3.77. The van der Waals surface area contributed by atoms with Crippen LogP contribution in [-0.2, 0) is 9.47 Å². The Hall–Kier alpha value is -2.90. The van der Waals surface area contributed by atoms with E-state index in [1.165, 1.54) is 0 Å². The summed E-state index contributed by atoms with van der Waals surface area (Å²) in [5, 5.41) is 4.24. The Labute approximate surface area is 158 Å². The molecular weight excluding hydrogens is 346 g/mol. The molecular formula is C20H23N3O4. The smallest absolute Gasteiger partial charge is 0.319 e. The molecule has 27 heavy (non-hydrogen) atoms. The Morgan fingerprint density at radius 2 is 1.48 bits per heavy atom. The topological polar surface area (TPSA) is 74.7 Å². The third kappa shape index (κ3) is 5.29. The van der Waals surface area contributed by atoms with Crippen molar-refractivity contribution < 1.29 is 18.9 Å². The summed E-state index contributed by atoms with van der Waals surface area (Å²) >= 11 is 0. The van der Waals surface area contributed by atoms with E-state index in [4.69, 9.17) is 18.9 Å². The number of ether oxygens (including phenoxy) is 4. The molecule has 3 rings (SSSR count). The van der Waals surface area contributed by atoms with Crippen LogP contribution in [0.2, 0.25) is 0 Å². The van der Waals surface area contributed by atoms with Crippen LogP contribution in [0.15, 0.2) is 48.5 Å². The fourth-order valence-electron chi connectivity index (χ4n) is 2.45. The number of para-hydroxylation sites is 1. The number of hydrogen-bond donors (Lipinski definition) is 1. The molecule has 0 aliphatic heterocycles. The second kappa shape index (κ2) is 9.70. The number of benzene rings is 2. The minimum Gasteiger partial charge on any atom is -0.491 e. The molecule has 0 unspecified atom stereocenters. The molecule has 0 amide bonds. The Balaban J connectivity index is 1.78. The predicted molar refractivity (Wildman–Crippen MR) is 104 cm³/mol. The van der Waals surface area contributed by atoms with Gasteiger partial charge in [-0.25, -0.2) is 0 Å². The van der Waals surface area contributed by atoms with Crippen molar-refractivity contribution in [3.63, 3.8) is 0 Å². The largest absolute Gasteiger partial charge is 0.491 e. The highest BCUT2D eigenvalue weighted by Crippen LogP contribution is 2.26. The monoisotopic (exact) mass is 369 g/mol. The maximum Gasteiger partial charge on any atom is 0.319 e. The zero-order valence-corrected chi connectivity index (χ0v) is 15.5. The summed E-state index contributed by atoms with van der Waals surface area (Å²) in [7, 11) is 3.27. The second-order valence-corrected chi connectivity index (χ2v) is 5.70. The maximum atomic E-state index is 5.59. The molecule has 3 aromatic rings. The molecule has 7 heteroatoms. The van der Waals surface area contributed by atoms with E-state index >= 15 is 0 Å². The normalized spacial score (nSPS) is 10.7. The number of rotatable bonds is 10. The van der Waals surface area contributed by atoms with Crippen LogP contribution in [0.4, 0.5) is 11.5 Å². The van der Waals surface area contributed by atoms with Gasteiger partial charge in [0, 0.05) is 25.3 Å². The van der Waals surface area contributed by atoms with Crippen LogP contribution >= 0.6 is 0 Å². The number of hydrogen-bond acceptors (Lipinski definition) is 7. The highest BCUT2D eigenvalue weighted by molar-refractivity contribution is 5.91. The molecule has 0 radical (unpaired) electrons. The van der Waals surface area contributed by atoms with Crippen LogP contribution in [0.25, 0.3) is 10.9 Å². The standard InChI is InChI=1S/C20H23N3O4/c1-24-11-13-26-16-9-7-15(8-10-16)21-19-17-5-3-4-6-18(17)22-20(23-19)27-14-12-25-2/h3-10H,11-14H2,1-2H3,(H,21,22,23). The lowest BCUT2D eigenvalue weighted by Gasteiger charge is -2.12. The Bertz CT molecular complexity index is 855. The van der Waals surface area contributed by atoms with Crippen LogP contribution in [-0.4, -0.2) is 50.6 Å². The van der Waals surface area contributed by atoms with E-state index in [0.29, 0.717) is 38.3 Å². The van der Waals surface area contributed by atoms with Crippen molar-refractivity contribution in [3.8, 4) is 11.8 Å². The first-order chi connectivity index (χ1) is 13.3. The summed E-state index contributed by atoms with van der Waals surface area (Å²) in [6, 6.07) is 15.8. The van der Waals surface area contributed by atoms with Crippen molar-refractivity contribution in [3.05, 3.63) is 48.5 Å². The second-order valence-electron chi connectivity index (χ2n) is 5.70. The summed E-state index contributed by atoms with van der Waals surface area (Å²) < 4.78 is 21.2. The van der Waals surface area contributed by atoms with Gasteiger partial charge in [-0.2, -0.15) is 9.97 Å². The lowest BCUT2D eigenvalue weighted by atomic mass is 10.2. The van der Waals surface area contributed by atoms with Gasteiger partial charge in [0.25, 0.3) is 0 Å². The summed E-state index contributed by atoms with van der Waals surface area (Å²) in [5.41, 5.74) is 1.70. The maximum absolute atomic E-state index is 5.59. The minimum absolute atomic E-state index is 0.313. The summed E-state index contributed by atoms with van der Waals surface area (Å²) in [5.74, 6) is 1.47. The van der Waals surface area contributed by atoms with E-state index in [1.54, 1.807) is 14.2 Å². The molecule has 1 heterocycles. The zero-order valence-electron chi connectivity index (χ0n) is 15.5. The molecule has 7 nitrogen and oxygen atoms in total. The minimum atomic E-state index is 0.313. The Morgan fingerprint density at radius 3 is 2.22 bits per heavy atom. The highest BCUT2D eigenvalue weighted by Gasteiger charge is 2.09. The molecule has 0 saturated heterocycles. The molecule has 0 saturated carbocycles. The highest BCUT2D eigenvalue weighted by atomic mass is 16.5. The van der Waals surface area contributed by atoms with E-state index in [9.17, 15) is 0 Å². The molecule has 0 spiro atoms. The van der Waals surface area contributed by atoms with E-state index < -0.39 is 0 Å². The number of aromatic nitrogens is 2. The molecule has 142 valence electrons. The first-order valence-electron chi connectivity index (χ1n) is 8.67. The number of nitrogens with zero attached hydrogens (tertiary/aromatic N) is 2. The van der Waals surface area contributed by atoms with Gasteiger partial charge >= 0.3 is 6.01 Å². The van der Waals surface area contributed by atoms with Crippen LogP contribution in [0.5, 0.6) is 11.8 Å². The fourth-order valence-corrected chi connectivity index (χ4v) is 2.45. The quantitative estimate of drug-likeness (QED) is 0.549. The van der Waals surface area contributed by atoms with Crippen LogP contribution in [0.1, 0.15) is 0 Å². The van der Waals surface area contributed by atoms with Crippen molar-refractivity contribution in [2.75, 3.05) is 46.0 Å².